The first-order valence-electron chi connectivity index (χ1n) is 12.9. The predicted molar refractivity (Wildman–Crippen MR) is 135 cm³/mol. The quantitative estimate of drug-likeness (QED) is 0.477. The summed E-state index contributed by atoms with van der Waals surface area (Å²) in [5, 5.41) is 12.4. The van der Waals surface area contributed by atoms with E-state index in [1.54, 1.807) is 24.9 Å². The first kappa shape index (κ1) is 28.8. The fourth-order valence-electron chi connectivity index (χ4n) is 5.11. The summed E-state index contributed by atoms with van der Waals surface area (Å²) < 4.78 is 0. The molecule has 0 bridgehead atoms. The van der Waals surface area contributed by atoms with Gasteiger partial charge in [0.25, 0.3) is 0 Å². The molecule has 2 N–H and O–H groups in total. The van der Waals surface area contributed by atoms with Crippen molar-refractivity contribution in [3.63, 3.8) is 0 Å². The molecule has 0 aliphatic carbocycles. The molecule has 4 atom stereocenters. The number of likely N-dealkylation sites (N-methyl/N-ethyl adjacent to an activating group) is 2. The number of amides is 3. The zero-order valence-corrected chi connectivity index (χ0v) is 22.4. The summed E-state index contributed by atoms with van der Waals surface area (Å²) in [4.78, 5) is 56.2. The molecule has 1 unspecified atom stereocenters. The molecular formula is C26H44N4O5. The number of likely N-dealkylation sites (tertiary alicyclic amines) is 2. The Labute approximate surface area is 209 Å². The Morgan fingerprint density at radius 2 is 1.60 bits per heavy atom. The minimum atomic E-state index is -0.990. The number of piperidine rings is 1. The van der Waals surface area contributed by atoms with Gasteiger partial charge in [-0.15, -0.1) is 0 Å². The van der Waals surface area contributed by atoms with Crippen LogP contribution in [0.1, 0.15) is 66.7 Å². The molecule has 9 heteroatoms. The average molecular weight is 493 g/mol. The lowest BCUT2D eigenvalue weighted by Gasteiger charge is -2.36. The van der Waals surface area contributed by atoms with Crippen molar-refractivity contribution in [2.45, 2.75) is 90.9 Å². The molecular weight excluding hydrogens is 448 g/mol. The first-order valence-corrected chi connectivity index (χ1v) is 12.9. The molecule has 198 valence electrons. The third kappa shape index (κ3) is 7.06. The molecule has 2 fully saturated rings. The van der Waals surface area contributed by atoms with Gasteiger partial charge in [0.15, 0.2) is 0 Å². The number of nitrogens with zero attached hydrogens (tertiary/aromatic N) is 3. The SMILES string of the molecule is CC(=C[C@H](C(C)C)N(C)C(=O)[C@@H](NC(=O)C1CCCCN1C)C(C)C)C(=O)N1CCC[C@H]1C(=O)O. The van der Waals surface area contributed by atoms with Crippen LogP contribution in [0.25, 0.3) is 0 Å². The van der Waals surface area contributed by atoms with Gasteiger partial charge in [0, 0.05) is 19.2 Å². The van der Waals surface area contributed by atoms with Crippen LogP contribution in [0.15, 0.2) is 11.6 Å². The number of carbonyl (C=O) groups is 4. The molecule has 0 aromatic rings. The van der Waals surface area contributed by atoms with Crippen molar-refractivity contribution in [3.8, 4) is 0 Å². The van der Waals surface area contributed by atoms with Gasteiger partial charge in [-0.2, -0.15) is 0 Å². The third-order valence-electron chi connectivity index (χ3n) is 7.34. The molecule has 3 amide bonds. The van der Waals surface area contributed by atoms with Crippen LogP contribution in [0.2, 0.25) is 0 Å². The Balaban J connectivity index is 2.19. The van der Waals surface area contributed by atoms with E-state index in [1.807, 2.05) is 39.6 Å². The summed E-state index contributed by atoms with van der Waals surface area (Å²) in [5.74, 6) is -1.72. The molecule has 2 rings (SSSR count). The van der Waals surface area contributed by atoms with Gasteiger partial charge in [-0.3, -0.25) is 19.3 Å². The smallest absolute Gasteiger partial charge is 0.326 e. The highest BCUT2D eigenvalue weighted by atomic mass is 16.4. The highest BCUT2D eigenvalue weighted by Gasteiger charge is 2.36. The molecule has 9 nitrogen and oxygen atoms in total. The summed E-state index contributed by atoms with van der Waals surface area (Å²) in [6, 6.07) is -2.09. The van der Waals surface area contributed by atoms with E-state index in [0.717, 1.165) is 25.8 Å². The van der Waals surface area contributed by atoms with Crippen LogP contribution in [0.4, 0.5) is 0 Å². The highest BCUT2D eigenvalue weighted by molar-refractivity contribution is 5.96. The molecule has 2 saturated heterocycles. The molecule has 2 heterocycles. The fourth-order valence-corrected chi connectivity index (χ4v) is 5.11. The standard InChI is InChI=1S/C26H44N4O5/c1-16(2)21(15-18(5)24(32)30-14-10-12-20(30)26(34)35)29(7)25(33)22(17(3)4)27-23(31)19-11-8-9-13-28(19)6/h15-17,19-22H,8-14H2,1-7H3,(H,27,31)(H,34,35)/t19?,20-,21+,22-/m0/s1. The van der Waals surface area contributed by atoms with Crippen molar-refractivity contribution < 1.29 is 24.3 Å². The lowest BCUT2D eigenvalue weighted by atomic mass is 9.96. The van der Waals surface area contributed by atoms with Gasteiger partial charge in [-0.1, -0.05) is 40.2 Å². The molecule has 35 heavy (non-hydrogen) atoms. The normalized spacial score (nSPS) is 23.3. The number of carbonyl (C=O) groups excluding carboxylic acids is 3. The van der Waals surface area contributed by atoms with Crippen molar-refractivity contribution in [1.82, 2.24) is 20.0 Å². The van der Waals surface area contributed by atoms with E-state index in [2.05, 4.69) is 5.32 Å². The Morgan fingerprint density at radius 3 is 2.14 bits per heavy atom. The fraction of sp³-hybridized carbons (Fsp3) is 0.769. The van der Waals surface area contributed by atoms with Gasteiger partial charge >= 0.3 is 5.97 Å². The third-order valence-corrected chi connectivity index (χ3v) is 7.34. The van der Waals surface area contributed by atoms with Gasteiger partial charge in [0.05, 0.1) is 12.1 Å². The van der Waals surface area contributed by atoms with Crippen LogP contribution >= 0.6 is 0 Å². The number of carboxylic acids is 1. The van der Waals surface area contributed by atoms with Gasteiger partial charge < -0.3 is 20.2 Å². The summed E-state index contributed by atoms with van der Waals surface area (Å²) in [5.41, 5.74) is 0.422. The molecule has 2 aliphatic heterocycles. The van der Waals surface area contributed by atoms with Gasteiger partial charge in [0.2, 0.25) is 17.7 Å². The summed E-state index contributed by atoms with van der Waals surface area (Å²) in [6.45, 7) is 10.7. The van der Waals surface area contributed by atoms with E-state index < -0.39 is 18.1 Å². The van der Waals surface area contributed by atoms with E-state index in [9.17, 15) is 24.3 Å². The van der Waals surface area contributed by atoms with Crippen LogP contribution in [0, 0.1) is 11.8 Å². The second kappa shape index (κ2) is 12.5. The Kier molecular flexibility index (Phi) is 10.3. The number of nitrogens with one attached hydrogen (secondary N) is 1. The minimum Gasteiger partial charge on any atom is -0.480 e. The topological polar surface area (TPSA) is 110 Å². The van der Waals surface area contributed by atoms with Crippen LogP contribution in [-0.4, -0.2) is 94.8 Å². The van der Waals surface area contributed by atoms with Crippen LogP contribution < -0.4 is 5.32 Å². The average Bonchev–Trinajstić information content (AvgIpc) is 3.29. The maximum atomic E-state index is 13.6. The second-order valence-electron chi connectivity index (χ2n) is 10.8. The number of rotatable bonds is 9. The summed E-state index contributed by atoms with van der Waals surface area (Å²) >= 11 is 0. The molecule has 0 saturated carbocycles. The molecule has 0 aromatic heterocycles. The van der Waals surface area contributed by atoms with E-state index >= 15 is 0 Å². The maximum absolute atomic E-state index is 13.6. The van der Waals surface area contributed by atoms with Crippen molar-refractivity contribution in [2.75, 3.05) is 27.2 Å². The van der Waals surface area contributed by atoms with Gasteiger partial charge in [-0.25, -0.2) is 4.79 Å². The Bertz CT molecular complexity index is 825. The monoisotopic (exact) mass is 492 g/mol. The maximum Gasteiger partial charge on any atom is 0.326 e. The number of aliphatic carboxylic acids is 1. The Morgan fingerprint density at radius 1 is 0.971 bits per heavy atom. The van der Waals surface area contributed by atoms with Crippen molar-refractivity contribution in [2.24, 2.45) is 11.8 Å². The zero-order chi connectivity index (χ0) is 26.4. The largest absolute Gasteiger partial charge is 0.480 e. The summed E-state index contributed by atoms with van der Waals surface area (Å²) in [6.07, 6.45) is 5.72. The molecule has 0 aromatic carbocycles. The second-order valence-corrected chi connectivity index (χ2v) is 10.8. The van der Waals surface area contributed by atoms with Gasteiger partial charge in [-0.05, 0) is 58.0 Å². The number of hydrogen-bond acceptors (Lipinski definition) is 5. The molecule has 0 radical (unpaired) electrons. The highest BCUT2D eigenvalue weighted by Crippen LogP contribution is 2.22. The zero-order valence-electron chi connectivity index (χ0n) is 22.4. The van der Waals surface area contributed by atoms with E-state index in [0.29, 0.717) is 25.0 Å². The Hall–Kier alpha value is -2.42. The molecule has 0 spiro atoms. The van der Waals surface area contributed by atoms with Crippen LogP contribution in [-0.2, 0) is 19.2 Å². The van der Waals surface area contributed by atoms with Crippen LogP contribution in [0.3, 0.4) is 0 Å². The van der Waals surface area contributed by atoms with Crippen molar-refractivity contribution in [3.05, 3.63) is 11.6 Å². The predicted octanol–water partition coefficient (Wildman–Crippen LogP) is 2.12. The van der Waals surface area contributed by atoms with E-state index in [-0.39, 0.29) is 41.6 Å². The minimum absolute atomic E-state index is 0.00791. The van der Waals surface area contributed by atoms with Crippen molar-refractivity contribution >= 4 is 23.7 Å². The van der Waals surface area contributed by atoms with Crippen molar-refractivity contribution in [1.29, 1.82) is 0 Å². The van der Waals surface area contributed by atoms with E-state index in [1.165, 1.54) is 4.90 Å². The van der Waals surface area contributed by atoms with Gasteiger partial charge in [0.1, 0.15) is 12.1 Å². The number of hydrogen-bond donors (Lipinski definition) is 2. The van der Waals surface area contributed by atoms with E-state index in [4.69, 9.17) is 0 Å². The lowest BCUT2D eigenvalue weighted by molar-refractivity contribution is -0.146. The lowest BCUT2D eigenvalue weighted by Crippen LogP contribution is -2.57. The first-order chi connectivity index (χ1) is 16.4. The molecule has 2 aliphatic rings. The number of carboxylic acid groups (broad SMARTS) is 1. The van der Waals surface area contributed by atoms with Crippen LogP contribution in [0.5, 0.6) is 0 Å². The summed E-state index contributed by atoms with van der Waals surface area (Å²) in [7, 11) is 3.64.